The Morgan fingerprint density at radius 3 is 1.38 bits per heavy atom. The molecular weight excluding hydrogens is 679 g/mol. The Hall–Kier alpha value is 0.660. The average Bonchev–Trinajstić information content (AvgIpc) is 3.74. The van der Waals surface area contributed by atoms with E-state index in [4.69, 9.17) is 0 Å². The van der Waals surface area contributed by atoms with Crippen molar-refractivity contribution in [3.63, 3.8) is 0 Å². The van der Waals surface area contributed by atoms with Gasteiger partial charge in [0.15, 0.2) is 0 Å². The summed E-state index contributed by atoms with van der Waals surface area (Å²) in [6.07, 6.45) is 38.6. The van der Waals surface area contributed by atoms with Crippen molar-refractivity contribution in [1.29, 1.82) is 0 Å². The lowest BCUT2D eigenvalue weighted by atomic mass is 9.64. The van der Waals surface area contributed by atoms with Crippen molar-refractivity contribution < 1.29 is 0 Å². The molecule has 0 bridgehead atoms. The highest BCUT2D eigenvalue weighted by atomic mass is 32.2. The van der Waals surface area contributed by atoms with Crippen molar-refractivity contribution in [3.8, 4) is 0 Å². The fourth-order valence-corrected chi connectivity index (χ4v) is 21.0. The molecule has 2 aliphatic heterocycles. The summed E-state index contributed by atoms with van der Waals surface area (Å²) in [5.41, 5.74) is 1.02. The molecule has 7 saturated carbocycles. The first-order valence-electron chi connectivity index (χ1n) is 24.6. The van der Waals surface area contributed by atoms with E-state index in [9.17, 15) is 0 Å². The molecule has 0 aromatic carbocycles. The van der Waals surface area contributed by atoms with Crippen LogP contribution in [-0.4, -0.2) is 44.0 Å². The predicted octanol–water partition coefficient (Wildman–Crippen LogP) is 14.5. The maximum Gasteiger partial charge on any atom is 0.0237 e. The summed E-state index contributed by atoms with van der Waals surface area (Å²) in [6.45, 7) is 15.0. The van der Waals surface area contributed by atoms with Gasteiger partial charge in [-0.2, -0.15) is 23.5 Å². The van der Waals surface area contributed by atoms with Crippen LogP contribution in [0.1, 0.15) is 202 Å². The first-order valence-corrected chi connectivity index (χ1v) is 26.5. The van der Waals surface area contributed by atoms with E-state index in [1.165, 1.54) is 96.3 Å². The summed E-state index contributed by atoms with van der Waals surface area (Å²) >= 11 is 5.19. The molecule has 9 unspecified atom stereocenters. The fraction of sp³-hybridized carbons (Fsp3) is 1.00. The molecule has 302 valence electrons. The number of fused-ring (bicyclic) bond motifs is 7. The SMILES string of the molecule is CC(C)(C)C1CCC(C2CCC(N(C3CCC(C4CCC(C(C)(C)C)CC4)CC3)C3CCCC4C5CCC6SC7CCCCC7C6C5SC43)CC2)CC1. The van der Waals surface area contributed by atoms with Crippen LogP contribution in [0.25, 0.3) is 0 Å². The molecule has 9 rings (SSSR count). The van der Waals surface area contributed by atoms with Crippen LogP contribution in [0.5, 0.6) is 0 Å². The molecule has 2 saturated heterocycles. The third kappa shape index (κ3) is 7.92. The van der Waals surface area contributed by atoms with E-state index in [2.05, 4.69) is 70.0 Å². The van der Waals surface area contributed by atoms with E-state index in [0.717, 1.165) is 98.3 Å². The van der Waals surface area contributed by atoms with Crippen LogP contribution in [0.15, 0.2) is 0 Å². The number of nitrogens with zero attached hydrogens (tertiary/aromatic N) is 1. The van der Waals surface area contributed by atoms with Gasteiger partial charge in [-0.3, -0.25) is 4.90 Å². The van der Waals surface area contributed by atoms with E-state index in [1.54, 1.807) is 64.2 Å². The zero-order valence-corrected chi connectivity index (χ0v) is 37.4. The molecule has 53 heavy (non-hydrogen) atoms. The molecule has 0 amide bonds. The Kier molecular flexibility index (Phi) is 11.8. The lowest BCUT2D eigenvalue weighted by Gasteiger charge is -2.53. The Balaban J connectivity index is 0.900. The van der Waals surface area contributed by atoms with E-state index in [1.807, 2.05) is 0 Å². The third-order valence-electron chi connectivity index (χ3n) is 19.4. The van der Waals surface area contributed by atoms with Gasteiger partial charge in [-0.15, -0.1) is 0 Å². The van der Waals surface area contributed by atoms with Gasteiger partial charge in [-0.05, 0) is 211 Å². The van der Waals surface area contributed by atoms with Gasteiger partial charge in [0, 0.05) is 39.1 Å². The summed E-state index contributed by atoms with van der Waals surface area (Å²) in [7, 11) is 0. The van der Waals surface area contributed by atoms with Gasteiger partial charge < -0.3 is 0 Å². The van der Waals surface area contributed by atoms with Crippen LogP contribution in [0.4, 0.5) is 0 Å². The van der Waals surface area contributed by atoms with Crippen molar-refractivity contribution in [1.82, 2.24) is 4.90 Å². The molecule has 0 spiro atoms. The molecule has 0 radical (unpaired) electrons. The lowest BCUT2D eigenvalue weighted by Crippen LogP contribution is -2.57. The maximum absolute atomic E-state index is 3.44. The summed E-state index contributed by atoms with van der Waals surface area (Å²) < 4.78 is 0. The first-order chi connectivity index (χ1) is 25.5. The highest BCUT2D eigenvalue weighted by Gasteiger charge is 2.60. The van der Waals surface area contributed by atoms with Gasteiger partial charge in [0.1, 0.15) is 0 Å². The molecule has 9 fully saturated rings. The van der Waals surface area contributed by atoms with Crippen LogP contribution in [0.2, 0.25) is 0 Å². The van der Waals surface area contributed by atoms with Gasteiger partial charge in [0.05, 0.1) is 0 Å². The van der Waals surface area contributed by atoms with Gasteiger partial charge in [0.2, 0.25) is 0 Å². The van der Waals surface area contributed by atoms with Gasteiger partial charge >= 0.3 is 0 Å². The minimum atomic E-state index is 0.511. The summed E-state index contributed by atoms with van der Waals surface area (Å²) in [5.74, 6) is 10.3. The minimum Gasteiger partial charge on any atom is -0.293 e. The Morgan fingerprint density at radius 2 is 0.849 bits per heavy atom. The van der Waals surface area contributed by atoms with Crippen molar-refractivity contribution >= 4 is 23.5 Å². The van der Waals surface area contributed by atoms with Crippen molar-refractivity contribution in [2.45, 2.75) is 241 Å². The highest BCUT2D eigenvalue weighted by molar-refractivity contribution is 8.02. The number of hydrogen-bond acceptors (Lipinski definition) is 3. The van der Waals surface area contributed by atoms with Gasteiger partial charge in [-0.25, -0.2) is 0 Å². The van der Waals surface area contributed by atoms with Crippen LogP contribution >= 0.6 is 23.5 Å². The first kappa shape index (κ1) is 39.1. The largest absolute Gasteiger partial charge is 0.293 e. The monoisotopic (exact) mass is 764 g/mol. The average molecular weight is 764 g/mol. The Bertz CT molecular complexity index is 1130. The van der Waals surface area contributed by atoms with Crippen LogP contribution in [-0.2, 0) is 0 Å². The Morgan fingerprint density at radius 1 is 0.377 bits per heavy atom. The smallest absolute Gasteiger partial charge is 0.0237 e. The van der Waals surface area contributed by atoms with Crippen LogP contribution in [0, 0.1) is 70.0 Å². The molecule has 0 aromatic heterocycles. The molecular formula is C50H85NS2. The quantitative estimate of drug-likeness (QED) is 0.275. The molecule has 2 heterocycles. The van der Waals surface area contributed by atoms with Gasteiger partial charge in [0.25, 0.3) is 0 Å². The topological polar surface area (TPSA) is 3.24 Å². The molecule has 3 heteroatoms. The highest BCUT2D eigenvalue weighted by Crippen LogP contribution is 2.65. The van der Waals surface area contributed by atoms with E-state index in [0.29, 0.717) is 10.8 Å². The van der Waals surface area contributed by atoms with Crippen molar-refractivity contribution in [2.24, 2.45) is 70.0 Å². The summed E-state index contributed by atoms with van der Waals surface area (Å²) in [5, 5.41) is 4.03. The van der Waals surface area contributed by atoms with E-state index >= 15 is 0 Å². The zero-order chi connectivity index (χ0) is 36.5. The molecule has 0 aromatic rings. The molecule has 9 aliphatic rings. The van der Waals surface area contributed by atoms with E-state index < -0.39 is 0 Å². The summed E-state index contributed by atoms with van der Waals surface area (Å²) in [6, 6.07) is 2.68. The number of thioether (sulfide) groups is 2. The number of rotatable bonds is 5. The van der Waals surface area contributed by atoms with Crippen molar-refractivity contribution in [3.05, 3.63) is 0 Å². The van der Waals surface area contributed by atoms with E-state index in [-0.39, 0.29) is 0 Å². The van der Waals surface area contributed by atoms with Crippen LogP contribution < -0.4 is 0 Å². The second-order valence-corrected chi connectivity index (χ2v) is 26.6. The summed E-state index contributed by atoms with van der Waals surface area (Å²) in [4.78, 5) is 3.44. The van der Waals surface area contributed by atoms with Gasteiger partial charge in [-0.1, -0.05) is 60.8 Å². The standard InChI is InChI=1S/C50H85NS2/c1-49(2,3)36-22-14-32(15-23-36)34-18-26-38(27-19-34)51(39-28-20-35(21-29-39)33-16-24-37(25-17-33)50(4,5)6)43-12-9-11-40-41-30-31-45-46(48(41)53-47(40)43)42-10-7-8-13-44(42)52-45/h32-48H,7-31H2,1-6H3. The third-order valence-corrected chi connectivity index (χ3v) is 23.1. The second kappa shape index (κ2) is 16.0. The Labute approximate surface area is 338 Å². The van der Waals surface area contributed by atoms with Crippen molar-refractivity contribution in [2.75, 3.05) is 0 Å². The molecule has 7 aliphatic carbocycles. The normalized spacial score (nSPS) is 49.5. The lowest BCUT2D eigenvalue weighted by molar-refractivity contribution is -0.0127. The molecule has 9 atom stereocenters. The molecule has 1 nitrogen and oxygen atoms in total. The van der Waals surface area contributed by atoms with Crippen LogP contribution in [0.3, 0.4) is 0 Å². The predicted molar refractivity (Wildman–Crippen MR) is 233 cm³/mol. The zero-order valence-electron chi connectivity index (χ0n) is 35.8. The molecule has 0 N–H and O–H groups in total. The fourth-order valence-electron chi connectivity index (χ4n) is 16.3. The second-order valence-electron chi connectivity index (χ2n) is 23.7. The maximum atomic E-state index is 3.44. The number of hydrogen-bond donors (Lipinski definition) is 0. The minimum absolute atomic E-state index is 0.511.